The van der Waals surface area contributed by atoms with Crippen LogP contribution in [-0.2, 0) is 24.0 Å². The molecule has 0 bridgehead atoms. The van der Waals surface area contributed by atoms with Crippen molar-refractivity contribution < 1.29 is 29.1 Å². The van der Waals surface area contributed by atoms with Crippen molar-refractivity contribution in [1.29, 1.82) is 0 Å². The van der Waals surface area contributed by atoms with E-state index in [9.17, 15) is 29.1 Å². The van der Waals surface area contributed by atoms with E-state index in [1.807, 2.05) is 20.1 Å². The van der Waals surface area contributed by atoms with Crippen molar-refractivity contribution in [2.75, 3.05) is 18.6 Å². The van der Waals surface area contributed by atoms with E-state index in [0.717, 1.165) is 0 Å². The van der Waals surface area contributed by atoms with Gasteiger partial charge in [-0.25, -0.2) is 4.79 Å². The number of primary amides is 1. The van der Waals surface area contributed by atoms with Gasteiger partial charge in [-0.3, -0.25) is 24.2 Å². The summed E-state index contributed by atoms with van der Waals surface area (Å²) < 4.78 is 0. The zero-order valence-corrected chi connectivity index (χ0v) is 22.5. The van der Waals surface area contributed by atoms with Crippen molar-refractivity contribution in [3.8, 4) is 0 Å². The molecule has 0 fully saturated rings. The summed E-state index contributed by atoms with van der Waals surface area (Å²) in [5.41, 5.74) is 21.6. The van der Waals surface area contributed by atoms with E-state index in [4.69, 9.17) is 22.9 Å². The Hall–Kier alpha value is -3.07. The summed E-state index contributed by atoms with van der Waals surface area (Å²) in [6, 6.07) is -4.35. The van der Waals surface area contributed by atoms with Crippen molar-refractivity contribution in [3.63, 3.8) is 0 Å². The second-order valence-electron chi connectivity index (χ2n) is 8.99. The molecule has 212 valence electrons. The van der Waals surface area contributed by atoms with Crippen LogP contribution in [0, 0.1) is 5.92 Å². The molecule has 4 unspecified atom stereocenters. The van der Waals surface area contributed by atoms with Gasteiger partial charge in [0.15, 0.2) is 5.96 Å². The van der Waals surface area contributed by atoms with Gasteiger partial charge in [0.2, 0.25) is 23.6 Å². The molecule has 0 heterocycles. The number of carbonyl (C=O) groups is 5. The molecule has 4 amide bonds. The van der Waals surface area contributed by atoms with Gasteiger partial charge in [-0.2, -0.15) is 11.8 Å². The summed E-state index contributed by atoms with van der Waals surface area (Å²) in [4.78, 5) is 65.3. The molecular weight excluding hydrogens is 504 g/mol. The van der Waals surface area contributed by atoms with Gasteiger partial charge in [0.05, 0.1) is 6.04 Å². The van der Waals surface area contributed by atoms with Crippen LogP contribution in [0.5, 0.6) is 0 Å². The zero-order valence-electron chi connectivity index (χ0n) is 21.7. The third kappa shape index (κ3) is 15.6. The monoisotopic (exact) mass is 546 g/mol. The van der Waals surface area contributed by atoms with Crippen LogP contribution in [0.15, 0.2) is 4.99 Å². The van der Waals surface area contributed by atoms with Crippen molar-refractivity contribution in [2.24, 2.45) is 33.8 Å². The molecule has 12 N–H and O–H groups in total. The molecule has 0 saturated heterocycles. The first-order valence-corrected chi connectivity index (χ1v) is 13.4. The van der Waals surface area contributed by atoms with E-state index in [1.54, 1.807) is 0 Å². The highest BCUT2D eigenvalue weighted by molar-refractivity contribution is 7.98. The Labute approximate surface area is 221 Å². The lowest BCUT2D eigenvalue weighted by Gasteiger charge is -2.26. The van der Waals surface area contributed by atoms with Crippen LogP contribution < -0.4 is 38.9 Å². The highest BCUT2D eigenvalue weighted by atomic mass is 32.2. The van der Waals surface area contributed by atoms with E-state index < -0.39 is 53.8 Å². The van der Waals surface area contributed by atoms with Crippen LogP contribution in [0.25, 0.3) is 0 Å². The van der Waals surface area contributed by atoms with E-state index in [-0.39, 0.29) is 50.5 Å². The van der Waals surface area contributed by atoms with Gasteiger partial charge in [0.25, 0.3) is 0 Å². The first kappa shape index (κ1) is 33.9. The summed E-state index contributed by atoms with van der Waals surface area (Å²) in [5, 5.41) is 17.0. The fraction of sp³-hybridized carbons (Fsp3) is 0.727. The SMILES string of the molecule is CSCCC(N)C(=O)NC(CC(C)C)C(=O)NC(CCC(N)=O)C(=O)NC(CCCN=C(N)N)C(=O)O. The molecule has 0 saturated carbocycles. The van der Waals surface area contributed by atoms with E-state index in [1.165, 1.54) is 11.8 Å². The number of aliphatic carboxylic acids is 1. The first-order chi connectivity index (χ1) is 17.3. The van der Waals surface area contributed by atoms with E-state index in [2.05, 4.69) is 20.9 Å². The van der Waals surface area contributed by atoms with Crippen molar-refractivity contribution in [3.05, 3.63) is 0 Å². The Kier molecular flexibility index (Phi) is 16.7. The predicted molar refractivity (Wildman–Crippen MR) is 142 cm³/mol. The lowest BCUT2D eigenvalue weighted by molar-refractivity contribution is -0.142. The maximum Gasteiger partial charge on any atom is 0.326 e. The standard InChI is InChI=1S/C22H42N8O6S/c1-12(2)11-16(30-18(32)13(23)8-10-37-3)20(34)28-14(6-7-17(24)31)19(33)29-15(21(35)36)5-4-9-27-22(25)26/h12-16H,4-11,23H2,1-3H3,(H2,24,31)(H,28,34)(H,29,33)(H,30,32)(H,35,36)(H4,25,26,27). The molecule has 0 aromatic rings. The molecule has 0 rings (SSSR count). The summed E-state index contributed by atoms with van der Waals surface area (Å²) in [6.45, 7) is 3.88. The largest absolute Gasteiger partial charge is 0.480 e. The predicted octanol–water partition coefficient (Wildman–Crippen LogP) is -2.03. The molecule has 15 heteroatoms. The zero-order chi connectivity index (χ0) is 28.5. The molecule has 0 aliphatic carbocycles. The van der Waals surface area contributed by atoms with Crippen LogP contribution in [0.4, 0.5) is 0 Å². The maximum absolute atomic E-state index is 13.1. The maximum atomic E-state index is 13.1. The van der Waals surface area contributed by atoms with Gasteiger partial charge in [-0.15, -0.1) is 0 Å². The van der Waals surface area contributed by atoms with Gasteiger partial charge in [-0.1, -0.05) is 13.8 Å². The Bertz CT molecular complexity index is 806. The lowest BCUT2D eigenvalue weighted by Crippen LogP contribution is -2.57. The molecule has 14 nitrogen and oxygen atoms in total. The van der Waals surface area contributed by atoms with Crippen LogP contribution in [0.2, 0.25) is 0 Å². The van der Waals surface area contributed by atoms with Crippen LogP contribution in [0.1, 0.15) is 52.4 Å². The van der Waals surface area contributed by atoms with Crippen LogP contribution in [-0.4, -0.2) is 83.4 Å². The van der Waals surface area contributed by atoms with Gasteiger partial charge >= 0.3 is 5.97 Å². The number of hydrogen-bond donors (Lipinski definition) is 8. The number of nitrogens with one attached hydrogen (secondary N) is 3. The molecular formula is C22H42N8O6S. The first-order valence-electron chi connectivity index (χ1n) is 12.0. The second kappa shape index (κ2) is 18.2. The Balaban J connectivity index is 5.52. The smallest absolute Gasteiger partial charge is 0.326 e. The number of nitrogens with zero attached hydrogens (tertiary/aromatic N) is 1. The Morgan fingerprint density at radius 3 is 1.95 bits per heavy atom. The van der Waals surface area contributed by atoms with Gasteiger partial charge in [0.1, 0.15) is 18.1 Å². The number of amides is 4. The minimum absolute atomic E-state index is 0.0120. The molecule has 0 spiro atoms. The number of rotatable bonds is 19. The van der Waals surface area contributed by atoms with Crippen molar-refractivity contribution in [1.82, 2.24) is 16.0 Å². The topological polar surface area (TPSA) is 258 Å². The van der Waals surface area contributed by atoms with E-state index >= 15 is 0 Å². The molecule has 0 radical (unpaired) electrons. The van der Waals surface area contributed by atoms with Crippen LogP contribution >= 0.6 is 11.8 Å². The quantitative estimate of drug-likeness (QED) is 0.0500. The average Bonchev–Trinajstić information content (AvgIpc) is 2.80. The average molecular weight is 547 g/mol. The number of guanidine groups is 1. The number of nitrogens with two attached hydrogens (primary N) is 4. The minimum Gasteiger partial charge on any atom is -0.480 e. The third-order valence-electron chi connectivity index (χ3n) is 5.18. The third-order valence-corrected chi connectivity index (χ3v) is 5.83. The highest BCUT2D eigenvalue weighted by Crippen LogP contribution is 2.09. The van der Waals surface area contributed by atoms with E-state index in [0.29, 0.717) is 12.2 Å². The molecule has 37 heavy (non-hydrogen) atoms. The molecule has 0 aliphatic heterocycles. The fourth-order valence-electron chi connectivity index (χ4n) is 3.22. The van der Waals surface area contributed by atoms with Crippen molar-refractivity contribution >= 4 is 47.3 Å². The van der Waals surface area contributed by atoms with Crippen molar-refractivity contribution in [2.45, 2.75) is 76.5 Å². The summed E-state index contributed by atoms with van der Waals surface area (Å²) in [5.74, 6) is -3.43. The molecule has 0 aromatic carbocycles. The molecule has 0 aromatic heterocycles. The normalized spacial score (nSPS) is 14.1. The number of aliphatic imine (C=N–C) groups is 1. The lowest BCUT2D eigenvalue weighted by atomic mass is 10.0. The number of thioether (sulfide) groups is 1. The second-order valence-corrected chi connectivity index (χ2v) is 9.98. The number of carbonyl (C=O) groups excluding carboxylic acids is 4. The Morgan fingerprint density at radius 1 is 0.865 bits per heavy atom. The molecule has 4 atom stereocenters. The number of carboxylic acids is 1. The van der Waals surface area contributed by atoms with Crippen LogP contribution in [0.3, 0.4) is 0 Å². The number of carboxylic acid groups (broad SMARTS) is 1. The van der Waals surface area contributed by atoms with Gasteiger partial charge in [-0.05, 0) is 50.0 Å². The van der Waals surface area contributed by atoms with Gasteiger partial charge in [0, 0.05) is 13.0 Å². The summed E-state index contributed by atoms with van der Waals surface area (Å²) >= 11 is 1.54. The molecule has 0 aliphatic rings. The fourth-order valence-corrected chi connectivity index (χ4v) is 3.71. The number of hydrogen-bond acceptors (Lipinski definition) is 8. The highest BCUT2D eigenvalue weighted by Gasteiger charge is 2.30. The summed E-state index contributed by atoms with van der Waals surface area (Å²) in [7, 11) is 0. The summed E-state index contributed by atoms with van der Waals surface area (Å²) in [6.07, 6.45) is 2.47. The van der Waals surface area contributed by atoms with Gasteiger partial charge < -0.3 is 44.0 Å². The Morgan fingerprint density at radius 2 is 1.43 bits per heavy atom. The minimum atomic E-state index is -1.29.